The molecule has 150 valence electrons. The summed E-state index contributed by atoms with van der Waals surface area (Å²) in [5, 5.41) is 2.61. The molecule has 3 amide bonds. The minimum absolute atomic E-state index is 0.0782. The number of hydrogen-bond acceptors (Lipinski definition) is 5. The zero-order valence-corrected chi connectivity index (χ0v) is 15.2. The molecule has 0 aromatic heterocycles. The zero-order chi connectivity index (χ0) is 20.3. The maximum absolute atomic E-state index is 12.4. The first-order chi connectivity index (χ1) is 13.4. The second-order valence-electron chi connectivity index (χ2n) is 6.56. The van der Waals surface area contributed by atoms with E-state index in [9.17, 15) is 23.2 Å². The van der Waals surface area contributed by atoms with Crippen molar-refractivity contribution in [3.8, 4) is 11.5 Å². The average Bonchev–Trinajstić information content (AvgIpc) is 2.92. The maximum atomic E-state index is 12.4. The van der Waals surface area contributed by atoms with Crippen molar-refractivity contribution < 1.29 is 32.6 Å². The molecule has 0 spiro atoms. The largest absolute Gasteiger partial charge is 0.493 e. The van der Waals surface area contributed by atoms with Crippen molar-refractivity contribution in [3.05, 3.63) is 35.9 Å². The Kier molecular flexibility index (Phi) is 5.91. The van der Waals surface area contributed by atoms with E-state index in [1.165, 1.54) is 25.3 Å². The predicted molar refractivity (Wildman–Crippen MR) is 93.5 cm³/mol. The van der Waals surface area contributed by atoms with Gasteiger partial charge in [0.1, 0.15) is 6.54 Å². The molecule has 3 rings (SSSR count). The highest BCUT2D eigenvalue weighted by Gasteiger charge is 2.47. The van der Waals surface area contributed by atoms with E-state index in [4.69, 9.17) is 4.74 Å². The Labute approximate surface area is 160 Å². The molecule has 9 heteroatoms. The Bertz CT molecular complexity index is 786. The summed E-state index contributed by atoms with van der Waals surface area (Å²) in [7, 11) is 1.31. The van der Waals surface area contributed by atoms with Crippen molar-refractivity contribution in [2.24, 2.45) is 11.8 Å². The van der Waals surface area contributed by atoms with Gasteiger partial charge in [0.25, 0.3) is 0 Å². The van der Waals surface area contributed by atoms with Crippen molar-refractivity contribution in [3.63, 3.8) is 0 Å². The summed E-state index contributed by atoms with van der Waals surface area (Å²) in [5.41, 5.74) is 0.587. The molecular weight excluding hydrogens is 374 g/mol. The third-order valence-corrected chi connectivity index (χ3v) is 4.83. The van der Waals surface area contributed by atoms with Gasteiger partial charge in [-0.2, -0.15) is 8.78 Å². The number of carbonyl (C=O) groups is 3. The van der Waals surface area contributed by atoms with Gasteiger partial charge in [-0.1, -0.05) is 18.2 Å². The van der Waals surface area contributed by atoms with E-state index in [0.717, 1.165) is 4.90 Å². The number of fused-ring (bicyclic) bond motifs is 1. The van der Waals surface area contributed by atoms with Gasteiger partial charge >= 0.3 is 6.61 Å². The number of rotatable bonds is 7. The number of imide groups is 1. The molecule has 1 aliphatic carbocycles. The molecule has 0 bridgehead atoms. The Hall–Kier alpha value is -2.97. The maximum Gasteiger partial charge on any atom is 0.387 e. The number of methoxy groups -OCH3 is 1. The Morgan fingerprint density at radius 3 is 2.39 bits per heavy atom. The molecule has 0 unspecified atom stereocenters. The first-order valence-electron chi connectivity index (χ1n) is 8.79. The normalized spacial score (nSPS) is 21.1. The van der Waals surface area contributed by atoms with Crippen LogP contribution < -0.4 is 14.8 Å². The van der Waals surface area contributed by atoms with Gasteiger partial charge in [0, 0.05) is 6.54 Å². The summed E-state index contributed by atoms with van der Waals surface area (Å²) < 4.78 is 34.1. The van der Waals surface area contributed by atoms with E-state index in [1.807, 2.05) is 12.2 Å². The van der Waals surface area contributed by atoms with Crippen LogP contribution in [0, 0.1) is 11.8 Å². The summed E-state index contributed by atoms with van der Waals surface area (Å²) >= 11 is 0. The number of ether oxygens (including phenoxy) is 2. The zero-order valence-electron chi connectivity index (χ0n) is 15.2. The van der Waals surface area contributed by atoms with Crippen molar-refractivity contribution >= 4 is 17.7 Å². The lowest BCUT2D eigenvalue weighted by Crippen LogP contribution is -2.40. The molecule has 0 radical (unpaired) electrons. The summed E-state index contributed by atoms with van der Waals surface area (Å²) in [6, 6.07) is 4.29. The van der Waals surface area contributed by atoms with Crippen LogP contribution >= 0.6 is 0 Å². The minimum atomic E-state index is -2.98. The van der Waals surface area contributed by atoms with Gasteiger partial charge in [-0.15, -0.1) is 0 Å². The SMILES string of the molecule is COc1cc(CNC(=O)CN2C(=O)[C@@H]3CC=CC[C@H]3C2=O)ccc1OC(F)F. The molecule has 1 aromatic rings. The van der Waals surface area contributed by atoms with Crippen LogP contribution in [0.25, 0.3) is 0 Å². The van der Waals surface area contributed by atoms with Crippen LogP contribution in [0.4, 0.5) is 8.78 Å². The topological polar surface area (TPSA) is 84.9 Å². The first-order valence-corrected chi connectivity index (χ1v) is 8.79. The third kappa shape index (κ3) is 4.13. The molecule has 1 saturated heterocycles. The fraction of sp³-hybridized carbons (Fsp3) is 0.421. The summed E-state index contributed by atoms with van der Waals surface area (Å²) in [5.74, 6) is -1.88. The number of hydrogen-bond donors (Lipinski definition) is 1. The van der Waals surface area contributed by atoms with Crippen molar-refractivity contribution in [1.82, 2.24) is 10.2 Å². The first kappa shape index (κ1) is 19.8. The fourth-order valence-corrected chi connectivity index (χ4v) is 3.44. The molecule has 1 fully saturated rings. The fourth-order valence-electron chi connectivity index (χ4n) is 3.44. The number of alkyl halides is 2. The molecule has 2 atom stereocenters. The molecule has 2 aliphatic rings. The second-order valence-corrected chi connectivity index (χ2v) is 6.56. The third-order valence-electron chi connectivity index (χ3n) is 4.83. The Balaban J connectivity index is 1.57. The van der Waals surface area contributed by atoms with Crippen LogP contribution in [0.15, 0.2) is 30.4 Å². The highest BCUT2D eigenvalue weighted by atomic mass is 19.3. The summed E-state index contributed by atoms with van der Waals surface area (Å²) in [4.78, 5) is 38.0. The Morgan fingerprint density at radius 1 is 1.18 bits per heavy atom. The highest BCUT2D eigenvalue weighted by Crippen LogP contribution is 2.34. The van der Waals surface area contributed by atoms with Crippen LogP contribution in [0.1, 0.15) is 18.4 Å². The molecule has 1 N–H and O–H groups in total. The van der Waals surface area contributed by atoms with Gasteiger partial charge in [-0.25, -0.2) is 0 Å². The van der Waals surface area contributed by atoms with Gasteiger partial charge in [-0.3, -0.25) is 19.3 Å². The summed E-state index contributed by atoms with van der Waals surface area (Å²) in [6.45, 7) is -3.24. The number of amides is 3. The monoisotopic (exact) mass is 394 g/mol. The van der Waals surface area contributed by atoms with E-state index < -0.39 is 12.5 Å². The van der Waals surface area contributed by atoms with Crippen LogP contribution in [-0.4, -0.2) is 42.9 Å². The van der Waals surface area contributed by atoms with Crippen molar-refractivity contribution in [2.45, 2.75) is 26.0 Å². The lowest BCUT2D eigenvalue weighted by Gasteiger charge is -2.15. The van der Waals surface area contributed by atoms with Crippen LogP contribution in [0.5, 0.6) is 11.5 Å². The van der Waals surface area contributed by atoms with Gasteiger partial charge in [0.2, 0.25) is 17.7 Å². The van der Waals surface area contributed by atoms with E-state index in [2.05, 4.69) is 10.1 Å². The van der Waals surface area contributed by atoms with Crippen LogP contribution in [0.3, 0.4) is 0 Å². The number of allylic oxidation sites excluding steroid dienone is 2. The van der Waals surface area contributed by atoms with Gasteiger partial charge in [0.05, 0.1) is 18.9 Å². The number of benzene rings is 1. The highest BCUT2D eigenvalue weighted by molar-refractivity contribution is 6.07. The smallest absolute Gasteiger partial charge is 0.387 e. The van der Waals surface area contributed by atoms with E-state index >= 15 is 0 Å². The lowest BCUT2D eigenvalue weighted by molar-refractivity contribution is -0.143. The molecule has 0 saturated carbocycles. The van der Waals surface area contributed by atoms with E-state index in [-0.39, 0.29) is 48.2 Å². The van der Waals surface area contributed by atoms with Gasteiger partial charge in [0.15, 0.2) is 11.5 Å². The van der Waals surface area contributed by atoms with Crippen LogP contribution in [0.2, 0.25) is 0 Å². The molecular formula is C19H20F2N2O5. The average molecular weight is 394 g/mol. The number of nitrogens with zero attached hydrogens (tertiary/aromatic N) is 1. The van der Waals surface area contributed by atoms with Crippen molar-refractivity contribution in [1.29, 1.82) is 0 Å². The van der Waals surface area contributed by atoms with E-state index in [0.29, 0.717) is 18.4 Å². The predicted octanol–water partition coefficient (Wildman–Crippen LogP) is 1.86. The number of carbonyl (C=O) groups excluding carboxylic acids is 3. The lowest BCUT2D eigenvalue weighted by atomic mass is 9.85. The quantitative estimate of drug-likeness (QED) is 0.564. The van der Waals surface area contributed by atoms with E-state index in [1.54, 1.807) is 0 Å². The molecule has 1 aromatic carbocycles. The molecule has 1 aliphatic heterocycles. The number of likely N-dealkylation sites (tertiary alicyclic amines) is 1. The standard InChI is InChI=1S/C19H20F2N2O5/c1-27-15-8-11(6-7-14(15)28-19(20)21)9-22-16(24)10-23-17(25)12-4-2-3-5-13(12)18(23)26/h2-3,6-8,12-13,19H,4-5,9-10H2,1H3,(H,22,24)/t12-,13-/m1/s1. The molecule has 28 heavy (non-hydrogen) atoms. The summed E-state index contributed by atoms with van der Waals surface area (Å²) in [6.07, 6.45) is 4.79. The van der Waals surface area contributed by atoms with Gasteiger partial charge in [-0.05, 0) is 30.5 Å². The minimum Gasteiger partial charge on any atom is -0.493 e. The molecule has 1 heterocycles. The number of nitrogens with one attached hydrogen (secondary N) is 1. The Morgan fingerprint density at radius 2 is 1.82 bits per heavy atom. The molecule has 7 nitrogen and oxygen atoms in total. The van der Waals surface area contributed by atoms with Gasteiger partial charge < -0.3 is 14.8 Å². The van der Waals surface area contributed by atoms with Crippen molar-refractivity contribution in [2.75, 3.05) is 13.7 Å². The second kappa shape index (κ2) is 8.37. The van der Waals surface area contributed by atoms with Crippen LogP contribution in [-0.2, 0) is 20.9 Å². The number of halogens is 2.